The number of hydrogen-bond donors (Lipinski definition) is 1. The number of benzene rings is 2. The second kappa shape index (κ2) is 4.96. The predicted octanol–water partition coefficient (Wildman–Crippen LogP) is 2.37. The minimum absolute atomic E-state index is 0.264. The fraction of sp³-hybridized carbons (Fsp3) is 0.333. The highest BCUT2D eigenvalue weighted by Crippen LogP contribution is 2.23. The summed E-state index contributed by atoms with van der Waals surface area (Å²) in [6, 6.07) is 14.1. The summed E-state index contributed by atoms with van der Waals surface area (Å²) in [5.74, 6) is 0.781. The Kier molecular flexibility index (Phi) is 3.17. The maximum Gasteiger partial charge on any atom is 0.148 e. The van der Waals surface area contributed by atoms with E-state index in [1.165, 1.54) is 5.39 Å². The van der Waals surface area contributed by atoms with E-state index in [9.17, 15) is 5.11 Å². The molecule has 0 aromatic heterocycles. The van der Waals surface area contributed by atoms with Crippen molar-refractivity contribution in [3.05, 3.63) is 42.5 Å². The molecule has 1 saturated heterocycles. The van der Waals surface area contributed by atoms with Gasteiger partial charge in [-0.1, -0.05) is 30.3 Å². The lowest BCUT2D eigenvalue weighted by Crippen LogP contribution is -2.40. The molecule has 3 rings (SSSR count). The molecule has 1 heterocycles. The number of fused-ring (bicyclic) bond motifs is 1. The second-order valence-electron chi connectivity index (χ2n) is 4.60. The zero-order chi connectivity index (χ0) is 12.4. The van der Waals surface area contributed by atoms with Crippen LogP contribution in [-0.4, -0.2) is 30.5 Å². The van der Waals surface area contributed by atoms with Crippen molar-refractivity contribution in [3.63, 3.8) is 0 Å². The molecule has 3 nitrogen and oxygen atoms in total. The molecule has 1 aliphatic rings. The van der Waals surface area contributed by atoms with Crippen LogP contribution in [0, 0.1) is 0 Å². The Bertz CT molecular complexity index is 538. The summed E-state index contributed by atoms with van der Waals surface area (Å²) in [6.45, 7) is 1.06. The summed E-state index contributed by atoms with van der Waals surface area (Å²) in [5, 5.41) is 12.2. The molecule has 94 valence electrons. The number of aliphatic hydroxyl groups excluding tert-OH is 1. The van der Waals surface area contributed by atoms with Gasteiger partial charge >= 0.3 is 0 Å². The van der Waals surface area contributed by atoms with E-state index in [2.05, 4.69) is 12.1 Å². The SMILES string of the molecule is OC1CCOCC1Oc1ccc2ccccc2c1. The summed E-state index contributed by atoms with van der Waals surface area (Å²) in [5.41, 5.74) is 0. The average Bonchev–Trinajstić information content (AvgIpc) is 2.41. The summed E-state index contributed by atoms with van der Waals surface area (Å²) in [7, 11) is 0. The molecule has 0 spiro atoms. The Hall–Kier alpha value is -1.58. The van der Waals surface area contributed by atoms with Gasteiger partial charge in [-0.05, 0) is 22.9 Å². The van der Waals surface area contributed by atoms with Gasteiger partial charge in [-0.3, -0.25) is 0 Å². The van der Waals surface area contributed by atoms with Crippen LogP contribution in [0.15, 0.2) is 42.5 Å². The van der Waals surface area contributed by atoms with Crippen molar-refractivity contribution in [3.8, 4) is 5.75 Å². The molecule has 1 N–H and O–H groups in total. The standard InChI is InChI=1S/C15H16O3/c16-14-7-8-17-10-15(14)18-13-6-5-11-3-1-2-4-12(11)9-13/h1-6,9,14-16H,7-8,10H2. The molecule has 2 atom stereocenters. The van der Waals surface area contributed by atoms with Gasteiger partial charge in [-0.25, -0.2) is 0 Å². The Labute approximate surface area is 106 Å². The molecule has 2 aromatic carbocycles. The Morgan fingerprint density at radius 3 is 2.78 bits per heavy atom. The molecule has 1 aliphatic heterocycles. The number of aliphatic hydroxyl groups is 1. The first-order chi connectivity index (χ1) is 8.83. The molecule has 3 heteroatoms. The maximum atomic E-state index is 9.84. The summed E-state index contributed by atoms with van der Waals surface area (Å²) in [4.78, 5) is 0. The van der Waals surface area contributed by atoms with Gasteiger partial charge in [0.15, 0.2) is 0 Å². The zero-order valence-corrected chi connectivity index (χ0v) is 10.1. The van der Waals surface area contributed by atoms with E-state index < -0.39 is 6.10 Å². The van der Waals surface area contributed by atoms with Crippen molar-refractivity contribution in [2.45, 2.75) is 18.6 Å². The lowest BCUT2D eigenvalue weighted by molar-refractivity contribution is -0.0734. The fourth-order valence-electron chi connectivity index (χ4n) is 2.23. The third-order valence-electron chi connectivity index (χ3n) is 3.28. The summed E-state index contributed by atoms with van der Waals surface area (Å²) < 4.78 is 11.1. The van der Waals surface area contributed by atoms with Crippen molar-refractivity contribution in [1.82, 2.24) is 0 Å². The molecular formula is C15H16O3. The van der Waals surface area contributed by atoms with E-state index in [-0.39, 0.29) is 6.10 Å². The average molecular weight is 244 g/mol. The molecule has 0 aliphatic carbocycles. The Balaban J connectivity index is 1.81. The lowest BCUT2D eigenvalue weighted by atomic mass is 10.1. The van der Waals surface area contributed by atoms with E-state index in [0.717, 1.165) is 11.1 Å². The maximum absolute atomic E-state index is 9.84. The molecule has 1 fully saturated rings. The van der Waals surface area contributed by atoms with Crippen LogP contribution < -0.4 is 4.74 Å². The van der Waals surface area contributed by atoms with E-state index in [1.54, 1.807) is 0 Å². The minimum Gasteiger partial charge on any atom is -0.485 e. The first-order valence-electron chi connectivity index (χ1n) is 6.24. The van der Waals surface area contributed by atoms with Crippen LogP contribution in [0.4, 0.5) is 0 Å². The van der Waals surface area contributed by atoms with Crippen LogP contribution in [0.3, 0.4) is 0 Å². The first-order valence-corrected chi connectivity index (χ1v) is 6.24. The number of hydrogen-bond acceptors (Lipinski definition) is 3. The smallest absolute Gasteiger partial charge is 0.148 e. The third-order valence-corrected chi connectivity index (χ3v) is 3.28. The summed E-state index contributed by atoms with van der Waals surface area (Å²) >= 11 is 0. The molecule has 2 unspecified atom stereocenters. The van der Waals surface area contributed by atoms with Gasteiger partial charge in [-0.15, -0.1) is 0 Å². The minimum atomic E-state index is -0.440. The molecule has 2 aromatic rings. The highest BCUT2D eigenvalue weighted by Gasteiger charge is 2.25. The molecule has 18 heavy (non-hydrogen) atoms. The van der Waals surface area contributed by atoms with Crippen LogP contribution in [0.5, 0.6) is 5.75 Å². The second-order valence-corrected chi connectivity index (χ2v) is 4.60. The van der Waals surface area contributed by atoms with E-state index in [0.29, 0.717) is 19.6 Å². The lowest BCUT2D eigenvalue weighted by Gasteiger charge is -2.28. The van der Waals surface area contributed by atoms with Crippen molar-refractivity contribution < 1.29 is 14.6 Å². The number of rotatable bonds is 2. The highest BCUT2D eigenvalue weighted by molar-refractivity contribution is 5.83. The molecular weight excluding hydrogens is 228 g/mol. The van der Waals surface area contributed by atoms with Gasteiger partial charge in [0.05, 0.1) is 12.7 Å². The van der Waals surface area contributed by atoms with Crippen LogP contribution in [0.1, 0.15) is 6.42 Å². The Morgan fingerprint density at radius 2 is 1.94 bits per heavy atom. The van der Waals surface area contributed by atoms with Crippen LogP contribution >= 0.6 is 0 Å². The third kappa shape index (κ3) is 2.33. The van der Waals surface area contributed by atoms with Crippen molar-refractivity contribution in [2.75, 3.05) is 13.2 Å². The van der Waals surface area contributed by atoms with E-state index >= 15 is 0 Å². The monoisotopic (exact) mass is 244 g/mol. The highest BCUT2D eigenvalue weighted by atomic mass is 16.5. The molecule has 0 radical (unpaired) electrons. The van der Waals surface area contributed by atoms with E-state index in [4.69, 9.17) is 9.47 Å². The quantitative estimate of drug-likeness (QED) is 0.881. The van der Waals surface area contributed by atoms with Crippen molar-refractivity contribution in [1.29, 1.82) is 0 Å². The molecule has 0 bridgehead atoms. The summed E-state index contributed by atoms with van der Waals surface area (Å²) in [6.07, 6.45) is -0.0664. The number of ether oxygens (including phenoxy) is 2. The van der Waals surface area contributed by atoms with Gasteiger partial charge in [0.25, 0.3) is 0 Å². The Morgan fingerprint density at radius 1 is 1.11 bits per heavy atom. The predicted molar refractivity (Wildman–Crippen MR) is 69.8 cm³/mol. The first kappa shape index (κ1) is 11.5. The van der Waals surface area contributed by atoms with Crippen molar-refractivity contribution in [2.24, 2.45) is 0 Å². The fourth-order valence-corrected chi connectivity index (χ4v) is 2.23. The van der Waals surface area contributed by atoms with Gasteiger partial charge in [0.2, 0.25) is 0 Å². The van der Waals surface area contributed by atoms with Gasteiger partial charge in [0, 0.05) is 13.0 Å². The van der Waals surface area contributed by atoms with Crippen LogP contribution in [0.2, 0.25) is 0 Å². The molecule has 0 saturated carbocycles. The normalized spacial score (nSPS) is 24.1. The molecule has 0 amide bonds. The van der Waals surface area contributed by atoms with Crippen LogP contribution in [-0.2, 0) is 4.74 Å². The van der Waals surface area contributed by atoms with Gasteiger partial charge in [-0.2, -0.15) is 0 Å². The van der Waals surface area contributed by atoms with Crippen molar-refractivity contribution >= 4 is 10.8 Å². The van der Waals surface area contributed by atoms with E-state index in [1.807, 2.05) is 30.3 Å². The van der Waals surface area contributed by atoms with Gasteiger partial charge < -0.3 is 14.6 Å². The van der Waals surface area contributed by atoms with Crippen LogP contribution in [0.25, 0.3) is 10.8 Å². The van der Waals surface area contributed by atoms with Gasteiger partial charge in [0.1, 0.15) is 11.9 Å². The topological polar surface area (TPSA) is 38.7 Å². The zero-order valence-electron chi connectivity index (χ0n) is 10.1. The largest absolute Gasteiger partial charge is 0.485 e.